The lowest BCUT2D eigenvalue weighted by Gasteiger charge is -2.14. The van der Waals surface area contributed by atoms with E-state index in [0.717, 1.165) is 0 Å². The molecule has 1 nitrogen and oxygen atoms in total. The van der Waals surface area contributed by atoms with Crippen LogP contribution in [0.5, 0.6) is 0 Å². The van der Waals surface area contributed by atoms with E-state index in [2.05, 4.69) is 39.0 Å². The van der Waals surface area contributed by atoms with E-state index < -0.39 is 0 Å². The molecule has 0 spiro atoms. The number of rotatable bonds is 9. The van der Waals surface area contributed by atoms with Gasteiger partial charge in [0.2, 0.25) is 0 Å². The van der Waals surface area contributed by atoms with Crippen molar-refractivity contribution in [3.05, 3.63) is 34.9 Å². The summed E-state index contributed by atoms with van der Waals surface area (Å²) in [7, 11) is 0. The first kappa shape index (κ1) is 18.2. The largest absolute Gasteiger partial charge is 0.369 e. The molecule has 0 heterocycles. The lowest BCUT2D eigenvalue weighted by atomic mass is 9.91. The van der Waals surface area contributed by atoms with E-state index in [0.29, 0.717) is 0 Å². The minimum absolute atomic E-state index is 0. The van der Waals surface area contributed by atoms with Crippen LogP contribution in [0, 0.1) is 0 Å². The van der Waals surface area contributed by atoms with Crippen molar-refractivity contribution in [2.45, 2.75) is 78.6 Å². The van der Waals surface area contributed by atoms with Crippen molar-refractivity contribution in [3.8, 4) is 0 Å². The summed E-state index contributed by atoms with van der Waals surface area (Å²) in [6, 6.07) is 6.98. The zero-order chi connectivity index (χ0) is 13.2. The molecule has 0 aliphatic heterocycles. The maximum absolute atomic E-state index is 2.36. The van der Waals surface area contributed by atoms with Crippen molar-refractivity contribution in [2.75, 3.05) is 0 Å². The molecule has 0 unspecified atom stereocenters. The van der Waals surface area contributed by atoms with Crippen LogP contribution in [0.4, 0.5) is 0 Å². The summed E-state index contributed by atoms with van der Waals surface area (Å²) < 4.78 is 0. The maximum atomic E-state index is 2.36. The number of hydrogen-bond acceptors (Lipinski definition) is 0. The summed E-state index contributed by atoms with van der Waals surface area (Å²) in [4.78, 5) is 0. The zero-order valence-corrected chi connectivity index (χ0v) is 13.6. The van der Waals surface area contributed by atoms with Gasteiger partial charge >= 0.3 is 0 Å². The quantitative estimate of drug-likeness (QED) is 0.560. The predicted octanol–water partition coefficient (Wildman–Crippen LogP) is 6.09. The highest BCUT2D eigenvalue weighted by Crippen LogP contribution is 2.21. The van der Waals surface area contributed by atoms with Crippen molar-refractivity contribution in [1.29, 1.82) is 0 Å². The van der Waals surface area contributed by atoms with Crippen LogP contribution in [0.25, 0.3) is 0 Å². The molecule has 0 radical (unpaired) electrons. The predicted molar refractivity (Wildman–Crippen MR) is 88.3 cm³/mol. The summed E-state index contributed by atoms with van der Waals surface area (Å²) in [5.41, 5.74) is 4.93. The summed E-state index contributed by atoms with van der Waals surface area (Å²) in [5.74, 6) is 0. The second kappa shape index (κ2) is 11.0. The van der Waals surface area contributed by atoms with Gasteiger partial charge in [-0.15, -0.1) is 0 Å². The summed E-state index contributed by atoms with van der Waals surface area (Å²) >= 11 is 0. The molecule has 0 saturated heterocycles. The molecule has 0 aliphatic rings. The molecule has 110 valence electrons. The third-order valence-electron chi connectivity index (χ3n) is 3.75. The number of benzene rings is 1. The van der Waals surface area contributed by atoms with Crippen molar-refractivity contribution in [3.63, 3.8) is 0 Å². The van der Waals surface area contributed by atoms with Crippen molar-refractivity contribution >= 4 is 0 Å². The lowest BCUT2D eigenvalue weighted by molar-refractivity contribution is 0.735. The van der Waals surface area contributed by atoms with Crippen LogP contribution in [-0.2, 0) is 19.3 Å². The molecular weight excluding hydrogens is 230 g/mol. The van der Waals surface area contributed by atoms with Crippen molar-refractivity contribution in [1.82, 2.24) is 6.15 Å². The smallest absolute Gasteiger partial charge is 0.0274 e. The minimum atomic E-state index is 0. The standard InChI is InChI=1S/C18H30.H3N/c1-4-7-11-16-13-10-14-17(12-8-5-2)18(16)15-9-6-3;/h10,13-14H,4-9,11-12,15H2,1-3H3;1H3/p+1. The van der Waals surface area contributed by atoms with E-state index >= 15 is 0 Å². The Kier molecular flexibility index (Phi) is 10.6. The van der Waals surface area contributed by atoms with E-state index in [4.69, 9.17) is 0 Å². The van der Waals surface area contributed by atoms with E-state index in [1.54, 1.807) is 16.7 Å². The average molecular weight is 264 g/mol. The first-order valence-corrected chi connectivity index (χ1v) is 7.93. The van der Waals surface area contributed by atoms with Gasteiger partial charge in [0.1, 0.15) is 0 Å². The van der Waals surface area contributed by atoms with E-state index in [1.165, 1.54) is 57.8 Å². The normalized spacial score (nSPS) is 10.3. The van der Waals surface area contributed by atoms with Crippen LogP contribution in [0.15, 0.2) is 18.2 Å². The third kappa shape index (κ3) is 6.24. The molecule has 1 aromatic rings. The molecule has 0 aromatic heterocycles. The van der Waals surface area contributed by atoms with Gasteiger partial charge in [-0.2, -0.15) is 0 Å². The van der Waals surface area contributed by atoms with Gasteiger partial charge in [0.05, 0.1) is 0 Å². The molecule has 1 heteroatoms. The van der Waals surface area contributed by atoms with Gasteiger partial charge in [-0.25, -0.2) is 0 Å². The highest BCUT2D eigenvalue weighted by Gasteiger charge is 2.07. The van der Waals surface area contributed by atoms with Crippen LogP contribution < -0.4 is 6.15 Å². The van der Waals surface area contributed by atoms with Gasteiger partial charge in [-0.05, 0) is 55.2 Å². The molecule has 4 N–H and O–H groups in total. The first-order chi connectivity index (χ1) is 8.83. The fourth-order valence-electron chi connectivity index (χ4n) is 2.57. The Hall–Kier alpha value is -0.820. The number of unbranched alkanes of at least 4 members (excludes halogenated alkanes) is 3. The summed E-state index contributed by atoms with van der Waals surface area (Å²) in [6.45, 7) is 6.86. The second-order valence-corrected chi connectivity index (χ2v) is 5.37. The molecule has 0 fully saturated rings. The van der Waals surface area contributed by atoms with Crippen LogP contribution >= 0.6 is 0 Å². The Balaban J connectivity index is 0.00000324. The number of hydrogen-bond donors (Lipinski definition) is 1. The second-order valence-electron chi connectivity index (χ2n) is 5.37. The topological polar surface area (TPSA) is 36.5 Å². The van der Waals surface area contributed by atoms with Gasteiger partial charge in [0.15, 0.2) is 0 Å². The third-order valence-corrected chi connectivity index (χ3v) is 3.75. The van der Waals surface area contributed by atoms with Crippen molar-refractivity contribution in [2.24, 2.45) is 0 Å². The molecular formula is C18H34N+. The highest BCUT2D eigenvalue weighted by molar-refractivity contribution is 5.36. The van der Waals surface area contributed by atoms with Crippen LogP contribution in [0.3, 0.4) is 0 Å². The molecule has 0 amide bonds. The Morgan fingerprint density at radius 1 is 0.684 bits per heavy atom. The van der Waals surface area contributed by atoms with Crippen LogP contribution in [-0.4, -0.2) is 0 Å². The number of aryl methyl sites for hydroxylation is 2. The average Bonchev–Trinajstić information content (AvgIpc) is 2.41. The van der Waals surface area contributed by atoms with Crippen LogP contribution in [0.1, 0.15) is 76.0 Å². The molecule has 0 atom stereocenters. The van der Waals surface area contributed by atoms with Gasteiger partial charge < -0.3 is 6.15 Å². The molecule has 0 saturated carbocycles. The van der Waals surface area contributed by atoms with Gasteiger partial charge in [-0.1, -0.05) is 58.2 Å². The molecule has 0 aliphatic carbocycles. The zero-order valence-electron chi connectivity index (χ0n) is 13.6. The Morgan fingerprint density at radius 3 is 1.53 bits per heavy atom. The molecule has 0 bridgehead atoms. The van der Waals surface area contributed by atoms with Gasteiger partial charge in [0, 0.05) is 0 Å². The van der Waals surface area contributed by atoms with E-state index in [1.807, 2.05) is 0 Å². The molecule has 19 heavy (non-hydrogen) atoms. The monoisotopic (exact) mass is 264 g/mol. The molecule has 1 aromatic carbocycles. The number of quaternary nitrogens is 1. The molecule has 1 rings (SSSR count). The van der Waals surface area contributed by atoms with Gasteiger partial charge in [0.25, 0.3) is 0 Å². The SMILES string of the molecule is CCCCc1cccc(CCCC)c1CCCC.[NH4+]. The maximum Gasteiger partial charge on any atom is -0.0274 e. The lowest BCUT2D eigenvalue weighted by Crippen LogP contribution is -2.01. The van der Waals surface area contributed by atoms with Gasteiger partial charge in [-0.3, -0.25) is 0 Å². The minimum Gasteiger partial charge on any atom is -0.369 e. The summed E-state index contributed by atoms with van der Waals surface area (Å²) in [6.07, 6.45) is 11.7. The van der Waals surface area contributed by atoms with Crippen LogP contribution in [0.2, 0.25) is 0 Å². The highest BCUT2D eigenvalue weighted by atomic mass is 14.1. The Labute approximate surface area is 120 Å². The Bertz CT molecular complexity index is 304. The fraction of sp³-hybridized carbons (Fsp3) is 0.667. The fourth-order valence-corrected chi connectivity index (χ4v) is 2.57. The van der Waals surface area contributed by atoms with E-state index in [9.17, 15) is 0 Å². The first-order valence-electron chi connectivity index (χ1n) is 7.93. The van der Waals surface area contributed by atoms with Crippen molar-refractivity contribution < 1.29 is 0 Å². The summed E-state index contributed by atoms with van der Waals surface area (Å²) in [5, 5.41) is 0. The Morgan fingerprint density at radius 2 is 1.11 bits per heavy atom. The van der Waals surface area contributed by atoms with E-state index in [-0.39, 0.29) is 6.15 Å².